The van der Waals surface area contributed by atoms with Crippen LogP contribution in [0.15, 0.2) is 31.1 Å². The molecule has 4 heterocycles. The van der Waals surface area contributed by atoms with Gasteiger partial charge in [0.15, 0.2) is 11.5 Å². The van der Waals surface area contributed by atoms with Crippen LogP contribution in [0.2, 0.25) is 0 Å². The van der Waals surface area contributed by atoms with Gasteiger partial charge in [-0.3, -0.25) is 5.10 Å². The monoisotopic (exact) mass is 285 g/mol. The molecule has 1 aliphatic rings. The molecule has 0 unspecified atom stereocenters. The summed E-state index contributed by atoms with van der Waals surface area (Å²) in [5.41, 5.74) is 2.57. The second kappa shape index (κ2) is 4.64. The van der Waals surface area contributed by atoms with Gasteiger partial charge in [-0.05, 0) is 6.07 Å². The topological polar surface area (TPSA) is 86.4 Å². The largest absolute Gasteiger partial charge is 0.340 e. The third kappa shape index (κ3) is 1.85. The Labute approximate surface area is 118 Å². The molecule has 7 nitrogen and oxygen atoms in total. The fourth-order valence-electron chi connectivity index (χ4n) is 2.17. The van der Waals surface area contributed by atoms with E-state index in [1.807, 2.05) is 6.07 Å². The Morgan fingerprint density at radius 1 is 1.25 bits per heavy atom. The highest BCUT2D eigenvalue weighted by molar-refractivity contribution is 8.08. The van der Waals surface area contributed by atoms with E-state index in [4.69, 9.17) is 0 Å². The summed E-state index contributed by atoms with van der Waals surface area (Å²) in [5.74, 6) is 1.84. The van der Waals surface area contributed by atoms with Gasteiger partial charge in [0.1, 0.15) is 11.8 Å². The quantitative estimate of drug-likeness (QED) is 0.744. The van der Waals surface area contributed by atoms with Crippen molar-refractivity contribution in [1.82, 2.24) is 30.1 Å². The van der Waals surface area contributed by atoms with E-state index < -0.39 is 0 Å². The zero-order valence-corrected chi connectivity index (χ0v) is 11.3. The van der Waals surface area contributed by atoms with Crippen LogP contribution in [0.4, 0.5) is 5.82 Å². The minimum atomic E-state index is 0.685. The average Bonchev–Trinajstić information content (AvgIpc) is 3.18. The SMILES string of the molecule is C1=C(c2ccn[nH]2)SCCN1c1ncnc2nc[nH]c12. The van der Waals surface area contributed by atoms with Crippen LogP contribution < -0.4 is 4.90 Å². The lowest BCUT2D eigenvalue weighted by Crippen LogP contribution is -2.24. The zero-order chi connectivity index (χ0) is 13.4. The highest BCUT2D eigenvalue weighted by atomic mass is 32.2. The summed E-state index contributed by atoms with van der Waals surface area (Å²) < 4.78 is 0. The molecule has 8 heteroatoms. The molecule has 0 bridgehead atoms. The molecule has 100 valence electrons. The van der Waals surface area contributed by atoms with Crippen molar-refractivity contribution in [2.45, 2.75) is 0 Å². The number of thioether (sulfide) groups is 1. The highest BCUT2D eigenvalue weighted by Crippen LogP contribution is 2.32. The third-order valence-electron chi connectivity index (χ3n) is 3.10. The Morgan fingerprint density at radius 3 is 3.15 bits per heavy atom. The van der Waals surface area contributed by atoms with Gasteiger partial charge in [-0.2, -0.15) is 5.10 Å². The summed E-state index contributed by atoms with van der Waals surface area (Å²) in [7, 11) is 0. The first kappa shape index (κ1) is 11.5. The first-order valence-electron chi connectivity index (χ1n) is 6.17. The average molecular weight is 285 g/mol. The van der Waals surface area contributed by atoms with Gasteiger partial charge in [0.2, 0.25) is 0 Å². The number of aromatic amines is 2. The predicted molar refractivity (Wildman–Crippen MR) is 78.1 cm³/mol. The Bertz CT molecular complexity index is 761. The van der Waals surface area contributed by atoms with E-state index in [1.165, 1.54) is 0 Å². The Morgan fingerprint density at radius 2 is 2.25 bits per heavy atom. The lowest BCUT2D eigenvalue weighted by Gasteiger charge is -2.25. The second-order valence-electron chi connectivity index (χ2n) is 4.30. The van der Waals surface area contributed by atoms with E-state index in [-0.39, 0.29) is 0 Å². The number of anilines is 1. The van der Waals surface area contributed by atoms with Crippen LogP contribution in [-0.4, -0.2) is 42.4 Å². The molecule has 0 spiro atoms. The van der Waals surface area contributed by atoms with Crippen molar-refractivity contribution in [1.29, 1.82) is 0 Å². The van der Waals surface area contributed by atoms with E-state index in [0.717, 1.165) is 34.2 Å². The van der Waals surface area contributed by atoms with Crippen LogP contribution in [0.3, 0.4) is 0 Å². The Hall–Kier alpha value is -2.35. The molecule has 0 saturated heterocycles. The van der Waals surface area contributed by atoms with Crippen LogP contribution in [0.1, 0.15) is 5.69 Å². The normalized spacial score (nSPS) is 15.6. The second-order valence-corrected chi connectivity index (χ2v) is 5.44. The van der Waals surface area contributed by atoms with Gasteiger partial charge in [0.25, 0.3) is 0 Å². The Balaban J connectivity index is 1.78. The fourth-order valence-corrected chi connectivity index (χ4v) is 3.15. The van der Waals surface area contributed by atoms with Crippen molar-refractivity contribution in [3.05, 3.63) is 36.8 Å². The van der Waals surface area contributed by atoms with E-state index >= 15 is 0 Å². The highest BCUT2D eigenvalue weighted by Gasteiger charge is 2.18. The van der Waals surface area contributed by atoms with Crippen molar-refractivity contribution in [3.8, 4) is 0 Å². The summed E-state index contributed by atoms with van der Waals surface area (Å²) >= 11 is 1.81. The lowest BCUT2D eigenvalue weighted by atomic mass is 10.3. The number of hydrogen-bond acceptors (Lipinski definition) is 6. The van der Waals surface area contributed by atoms with Gasteiger partial charge in [-0.1, -0.05) is 0 Å². The number of fused-ring (bicyclic) bond motifs is 1. The summed E-state index contributed by atoms with van der Waals surface area (Å²) in [4.78, 5) is 19.1. The molecule has 0 radical (unpaired) electrons. The fraction of sp³-hybridized carbons (Fsp3) is 0.167. The van der Waals surface area contributed by atoms with Crippen molar-refractivity contribution in [2.24, 2.45) is 0 Å². The van der Waals surface area contributed by atoms with Crippen molar-refractivity contribution in [3.63, 3.8) is 0 Å². The third-order valence-corrected chi connectivity index (χ3v) is 4.13. The van der Waals surface area contributed by atoms with E-state index in [2.05, 4.69) is 41.2 Å². The number of hydrogen-bond donors (Lipinski definition) is 2. The molecular weight excluding hydrogens is 274 g/mol. The van der Waals surface area contributed by atoms with Gasteiger partial charge in [-0.15, -0.1) is 11.8 Å². The number of rotatable bonds is 2. The van der Waals surface area contributed by atoms with Gasteiger partial charge in [-0.25, -0.2) is 15.0 Å². The van der Waals surface area contributed by atoms with Gasteiger partial charge < -0.3 is 9.88 Å². The van der Waals surface area contributed by atoms with Crippen molar-refractivity contribution in [2.75, 3.05) is 17.2 Å². The summed E-state index contributed by atoms with van der Waals surface area (Å²) in [6.07, 6.45) is 7.03. The summed E-state index contributed by atoms with van der Waals surface area (Å²) in [6, 6.07) is 1.97. The predicted octanol–water partition coefficient (Wildman–Crippen LogP) is 1.63. The maximum absolute atomic E-state index is 4.38. The van der Waals surface area contributed by atoms with E-state index in [9.17, 15) is 0 Å². The number of nitrogens with one attached hydrogen (secondary N) is 2. The molecule has 3 aromatic rings. The minimum Gasteiger partial charge on any atom is -0.340 e. The number of nitrogens with zero attached hydrogens (tertiary/aromatic N) is 5. The van der Waals surface area contributed by atoms with Crippen LogP contribution in [0, 0.1) is 0 Å². The van der Waals surface area contributed by atoms with Crippen molar-refractivity contribution >= 4 is 33.6 Å². The minimum absolute atomic E-state index is 0.685. The molecule has 20 heavy (non-hydrogen) atoms. The zero-order valence-electron chi connectivity index (χ0n) is 10.4. The lowest BCUT2D eigenvalue weighted by molar-refractivity contribution is 0.982. The van der Waals surface area contributed by atoms with Gasteiger partial charge >= 0.3 is 0 Å². The molecular formula is C12H11N7S. The summed E-state index contributed by atoms with van der Waals surface area (Å²) in [6.45, 7) is 0.896. The molecule has 0 amide bonds. The Kier molecular flexibility index (Phi) is 2.66. The molecule has 2 N–H and O–H groups in total. The van der Waals surface area contributed by atoms with Gasteiger partial charge in [0.05, 0.1) is 12.0 Å². The van der Waals surface area contributed by atoms with Crippen LogP contribution in [0.25, 0.3) is 16.1 Å². The van der Waals surface area contributed by atoms with Gasteiger partial charge in [0, 0.05) is 29.6 Å². The first-order chi connectivity index (χ1) is 9.92. The number of aromatic nitrogens is 6. The van der Waals surface area contributed by atoms with E-state index in [0.29, 0.717) is 5.65 Å². The molecule has 1 aliphatic heterocycles. The molecule has 0 atom stereocenters. The maximum Gasteiger partial charge on any atom is 0.182 e. The summed E-state index contributed by atoms with van der Waals surface area (Å²) in [5, 5.41) is 6.99. The smallest absolute Gasteiger partial charge is 0.182 e. The number of imidazole rings is 1. The van der Waals surface area contributed by atoms with Crippen LogP contribution in [-0.2, 0) is 0 Å². The first-order valence-corrected chi connectivity index (χ1v) is 7.15. The van der Waals surface area contributed by atoms with Crippen LogP contribution in [0.5, 0.6) is 0 Å². The number of H-pyrrole nitrogens is 2. The van der Waals surface area contributed by atoms with Crippen molar-refractivity contribution < 1.29 is 0 Å². The molecule has 4 rings (SSSR count). The molecule has 0 saturated carbocycles. The molecule has 0 fully saturated rings. The molecule has 3 aromatic heterocycles. The molecule has 0 aromatic carbocycles. The maximum atomic E-state index is 4.38. The van der Waals surface area contributed by atoms with E-state index in [1.54, 1.807) is 30.6 Å². The van der Waals surface area contributed by atoms with Crippen LogP contribution >= 0.6 is 11.8 Å². The molecule has 0 aliphatic carbocycles. The standard InChI is InChI=1S/C12H11N7S/c1-2-17-18-8(1)9-5-19(3-4-20-9)12-10-11(14-6-13-10)15-7-16-12/h1-2,5-7H,3-4H2,(H,17,18)(H,13,14,15,16).